The number of methoxy groups -OCH3 is 2. The molecule has 0 aliphatic carbocycles. The molecule has 0 spiro atoms. The zero-order chi connectivity index (χ0) is 15.0. The van der Waals surface area contributed by atoms with E-state index in [0.717, 1.165) is 12.8 Å². The highest BCUT2D eigenvalue weighted by atomic mass is 16.5. The number of carbonyl (C=O) groups is 2. The van der Waals surface area contributed by atoms with Gasteiger partial charge in [-0.15, -0.1) is 0 Å². The third-order valence-corrected chi connectivity index (χ3v) is 4.10. The van der Waals surface area contributed by atoms with Crippen LogP contribution in [-0.4, -0.2) is 50.1 Å². The molecular formula is C15H18N2O4. The lowest BCUT2D eigenvalue weighted by Crippen LogP contribution is -2.57. The first-order valence-corrected chi connectivity index (χ1v) is 6.98. The Labute approximate surface area is 123 Å². The number of carbonyl (C=O) groups excluding carboxylic acids is 2. The molecule has 2 amide bonds. The normalized spacial score (nSPS) is 21.5. The lowest BCUT2D eigenvalue weighted by Gasteiger charge is -2.36. The number of piperazine rings is 1. The summed E-state index contributed by atoms with van der Waals surface area (Å²) in [7, 11) is 3.10. The standard InChI is InChI=1S/C15H18N2O4/c1-20-12-6-5-10(8-13(12)21-2)17-9-14(18)16-7-3-4-11(16)15(17)19/h5-6,8,11H,3-4,7,9H2,1-2H3. The third kappa shape index (κ3) is 2.20. The van der Waals surface area contributed by atoms with Gasteiger partial charge in [-0.1, -0.05) is 0 Å². The number of amides is 2. The maximum absolute atomic E-state index is 12.6. The molecule has 2 saturated heterocycles. The maximum atomic E-state index is 12.6. The monoisotopic (exact) mass is 290 g/mol. The highest BCUT2D eigenvalue weighted by molar-refractivity contribution is 6.07. The molecule has 2 heterocycles. The molecule has 1 atom stereocenters. The van der Waals surface area contributed by atoms with E-state index < -0.39 is 0 Å². The van der Waals surface area contributed by atoms with Crippen LogP contribution >= 0.6 is 0 Å². The Balaban J connectivity index is 1.93. The third-order valence-electron chi connectivity index (χ3n) is 4.10. The first-order valence-electron chi connectivity index (χ1n) is 6.98. The fraction of sp³-hybridized carbons (Fsp3) is 0.467. The molecule has 0 N–H and O–H groups in total. The molecular weight excluding hydrogens is 272 g/mol. The van der Waals surface area contributed by atoms with Crippen molar-refractivity contribution in [3.63, 3.8) is 0 Å². The number of anilines is 1. The van der Waals surface area contributed by atoms with Crippen LogP contribution in [0.1, 0.15) is 12.8 Å². The fourth-order valence-corrected chi connectivity index (χ4v) is 3.02. The molecule has 2 aliphatic heterocycles. The van der Waals surface area contributed by atoms with Gasteiger partial charge in [0, 0.05) is 18.3 Å². The maximum Gasteiger partial charge on any atom is 0.250 e. The molecule has 0 saturated carbocycles. The minimum atomic E-state index is -0.306. The number of ether oxygens (including phenoxy) is 2. The zero-order valence-corrected chi connectivity index (χ0v) is 12.2. The van der Waals surface area contributed by atoms with Crippen LogP contribution in [0.4, 0.5) is 5.69 Å². The van der Waals surface area contributed by atoms with Crippen molar-refractivity contribution in [2.75, 3.05) is 32.2 Å². The summed E-state index contributed by atoms with van der Waals surface area (Å²) in [5.74, 6) is 1.13. The molecule has 2 aliphatic rings. The molecule has 3 rings (SSSR count). The van der Waals surface area contributed by atoms with Crippen molar-refractivity contribution in [3.8, 4) is 11.5 Å². The average Bonchev–Trinajstić information content (AvgIpc) is 3.00. The topological polar surface area (TPSA) is 59.1 Å². The van der Waals surface area contributed by atoms with E-state index in [2.05, 4.69) is 0 Å². The first kappa shape index (κ1) is 13.7. The highest BCUT2D eigenvalue weighted by Gasteiger charge is 2.42. The van der Waals surface area contributed by atoms with Crippen molar-refractivity contribution in [2.24, 2.45) is 0 Å². The minimum Gasteiger partial charge on any atom is -0.493 e. The van der Waals surface area contributed by atoms with E-state index in [1.54, 1.807) is 37.3 Å². The van der Waals surface area contributed by atoms with Gasteiger partial charge in [-0.2, -0.15) is 0 Å². The number of nitrogens with zero attached hydrogens (tertiary/aromatic N) is 2. The van der Waals surface area contributed by atoms with E-state index in [9.17, 15) is 9.59 Å². The summed E-state index contributed by atoms with van der Waals surface area (Å²) in [4.78, 5) is 28.0. The smallest absolute Gasteiger partial charge is 0.250 e. The Morgan fingerprint density at radius 2 is 1.90 bits per heavy atom. The van der Waals surface area contributed by atoms with Gasteiger partial charge in [0.1, 0.15) is 12.6 Å². The summed E-state index contributed by atoms with van der Waals surface area (Å²) < 4.78 is 10.5. The van der Waals surface area contributed by atoms with Crippen LogP contribution < -0.4 is 14.4 Å². The summed E-state index contributed by atoms with van der Waals surface area (Å²) in [5.41, 5.74) is 0.664. The number of benzene rings is 1. The second kappa shape index (κ2) is 5.27. The van der Waals surface area contributed by atoms with Gasteiger partial charge in [-0.25, -0.2) is 0 Å². The van der Waals surface area contributed by atoms with Crippen LogP contribution in [0.2, 0.25) is 0 Å². The molecule has 1 aromatic rings. The second-order valence-electron chi connectivity index (χ2n) is 5.21. The Morgan fingerprint density at radius 3 is 2.62 bits per heavy atom. The van der Waals surface area contributed by atoms with E-state index >= 15 is 0 Å². The van der Waals surface area contributed by atoms with Crippen molar-refractivity contribution >= 4 is 17.5 Å². The zero-order valence-electron chi connectivity index (χ0n) is 12.2. The van der Waals surface area contributed by atoms with Crippen LogP contribution in [0.5, 0.6) is 11.5 Å². The van der Waals surface area contributed by atoms with Gasteiger partial charge in [0.25, 0.3) is 0 Å². The molecule has 21 heavy (non-hydrogen) atoms. The van der Waals surface area contributed by atoms with Gasteiger partial charge in [0.2, 0.25) is 11.8 Å². The van der Waals surface area contributed by atoms with Crippen LogP contribution in [0.25, 0.3) is 0 Å². The number of fused-ring (bicyclic) bond motifs is 1. The van der Waals surface area contributed by atoms with Crippen molar-refractivity contribution in [3.05, 3.63) is 18.2 Å². The van der Waals surface area contributed by atoms with Crippen molar-refractivity contribution in [1.82, 2.24) is 4.90 Å². The Morgan fingerprint density at radius 1 is 1.14 bits per heavy atom. The summed E-state index contributed by atoms with van der Waals surface area (Å²) in [5, 5.41) is 0. The molecule has 1 unspecified atom stereocenters. The van der Waals surface area contributed by atoms with E-state index in [-0.39, 0.29) is 24.4 Å². The molecule has 112 valence electrons. The Bertz CT molecular complexity index is 587. The van der Waals surface area contributed by atoms with E-state index in [0.29, 0.717) is 23.7 Å². The van der Waals surface area contributed by atoms with Crippen LogP contribution in [0, 0.1) is 0 Å². The minimum absolute atomic E-state index is 0.00637. The van der Waals surface area contributed by atoms with Gasteiger partial charge < -0.3 is 19.3 Å². The van der Waals surface area contributed by atoms with Crippen molar-refractivity contribution < 1.29 is 19.1 Å². The number of hydrogen-bond acceptors (Lipinski definition) is 4. The highest BCUT2D eigenvalue weighted by Crippen LogP contribution is 2.34. The first-order chi connectivity index (χ1) is 10.2. The van der Waals surface area contributed by atoms with Gasteiger partial charge in [0.05, 0.1) is 14.2 Å². The van der Waals surface area contributed by atoms with Crippen LogP contribution in [0.15, 0.2) is 18.2 Å². The average molecular weight is 290 g/mol. The predicted molar refractivity (Wildman–Crippen MR) is 76.6 cm³/mol. The molecule has 1 aromatic carbocycles. The van der Waals surface area contributed by atoms with Gasteiger partial charge >= 0.3 is 0 Å². The van der Waals surface area contributed by atoms with Crippen LogP contribution in [-0.2, 0) is 9.59 Å². The second-order valence-corrected chi connectivity index (χ2v) is 5.21. The summed E-state index contributed by atoms with van der Waals surface area (Å²) in [6.07, 6.45) is 1.64. The van der Waals surface area contributed by atoms with Gasteiger partial charge in [-0.3, -0.25) is 9.59 Å². The lowest BCUT2D eigenvalue weighted by atomic mass is 10.1. The summed E-state index contributed by atoms with van der Waals surface area (Å²) in [6, 6.07) is 4.94. The molecule has 0 radical (unpaired) electrons. The molecule has 6 heteroatoms. The summed E-state index contributed by atoms with van der Waals surface area (Å²) in [6.45, 7) is 0.778. The van der Waals surface area contributed by atoms with Crippen molar-refractivity contribution in [2.45, 2.75) is 18.9 Å². The SMILES string of the molecule is COc1ccc(N2CC(=O)N3CCCC3C2=O)cc1OC. The lowest BCUT2D eigenvalue weighted by molar-refractivity contribution is -0.140. The van der Waals surface area contributed by atoms with Gasteiger partial charge in [-0.05, 0) is 25.0 Å². The molecule has 6 nitrogen and oxygen atoms in total. The molecule has 0 bridgehead atoms. The van der Waals surface area contributed by atoms with Crippen LogP contribution in [0.3, 0.4) is 0 Å². The predicted octanol–water partition coefficient (Wildman–Crippen LogP) is 1.04. The molecule has 0 aromatic heterocycles. The fourth-order valence-electron chi connectivity index (χ4n) is 3.02. The number of hydrogen-bond donors (Lipinski definition) is 0. The van der Waals surface area contributed by atoms with Crippen molar-refractivity contribution in [1.29, 1.82) is 0 Å². The summed E-state index contributed by atoms with van der Waals surface area (Å²) >= 11 is 0. The quantitative estimate of drug-likeness (QED) is 0.834. The van der Waals surface area contributed by atoms with Gasteiger partial charge in [0.15, 0.2) is 11.5 Å². The molecule has 2 fully saturated rings. The Kier molecular flexibility index (Phi) is 3.45. The number of rotatable bonds is 3. The van der Waals surface area contributed by atoms with E-state index in [1.165, 1.54) is 4.90 Å². The largest absolute Gasteiger partial charge is 0.493 e. The van der Waals surface area contributed by atoms with E-state index in [4.69, 9.17) is 9.47 Å². The Hall–Kier alpha value is -2.24. The van der Waals surface area contributed by atoms with E-state index in [1.807, 2.05) is 0 Å².